The molecule has 0 saturated carbocycles. The molecule has 0 radical (unpaired) electrons. The van der Waals surface area contributed by atoms with Crippen molar-refractivity contribution in [3.63, 3.8) is 0 Å². The van der Waals surface area contributed by atoms with Crippen molar-refractivity contribution in [3.05, 3.63) is 106 Å². The number of methoxy groups -OCH3 is 1. The summed E-state index contributed by atoms with van der Waals surface area (Å²) in [6.45, 7) is 2.01. The molecule has 0 bridgehead atoms. The van der Waals surface area contributed by atoms with E-state index in [0.29, 0.717) is 38.6 Å². The summed E-state index contributed by atoms with van der Waals surface area (Å²) in [5, 5.41) is 11.9. The van der Waals surface area contributed by atoms with Gasteiger partial charge in [-0.25, -0.2) is 4.79 Å². The van der Waals surface area contributed by atoms with Crippen LogP contribution in [-0.2, 0) is 16.1 Å². The fraction of sp³-hybridized carbons (Fsp3) is 0.172. The standard InChI is InChI=1S/C29H23ClN2O7/c1-3-38-29(36)17-9-7-16(8-10-17)15-32-24(20-6-4-5-11-31-20)23(26(34)28(32)35)25(33)21-13-18-12-19(30)14-22(37-2)27(18)39-21/h4-14,24,34H,3,15H2,1-2H3. The molecule has 1 N–H and O–H groups in total. The van der Waals surface area contributed by atoms with E-state index in [-0.39, 0.29) is 24.5 Å². The number of Topliss-reactive ketones (excluding diaryl/α,β-unsaturated/α-hetero) is 1. The van der Waals surface area contributed by atoms with E-state index in [1.807, 2.05) is 0 Å². The highest BCUT2D eigenvalue weighted by Crippen LogP contribution is 2.41. The van der Waals surface area contributed by atoms with E-state index in [1.165, 1.54) is 24.3 Å². The number of furan rings is 1. The Hall–Kier alpha value is -4.63. The topological polar surface area (TPSA) is 119 Å². The minimum absolute atomic E-state index is 0.0353. The van der Waals surface area contributed by atoms with Gasteiger partial charge in [-0.15, -0.1) is 0 Å². The average molecular weight is 547 g/mol. The predicted octanol–water partition coefficient (Wildman–Crippen LogP) is 5.45. The molecule has 0 aliphatic carbocycles. The third-order valence-corrected chi connectivity index (χ3v) is 6.54. The normalized spacial score (nSPS) is 15.2. The van der Waals surface area contributed by atoms with E-state index in [9.17, 15) is 19.5 Å². The van der Waals surface area contributed by atoms with Gasteiger partial charge < -0.3 is 23.9 Å². The number of nitrogens with zero attached hydrogens (tertiary/aromatic N) is 2. The van der Waals surface area contributed by atoms with Crippen molar-refractivity contribution in [2.45, 2.75) is 19.5 Å². The predicted molar refractivity (Wildman–Crippen MR) is 142 cm³/mol. The zero-order chi connectivity index (χ0) is 27.7. The van der Waals surface area contributed by atoms with Crippen molar-refractivity contribution >= 4 is 40.2 Å². The summed E-state index contributed by atoms with van der Waals surface area (Å²) in [5.74, 6) is -2.31. The van der Waals surface area contributed by atoms with E-state index in [0.717, 1.165) is 0 Å². The summed E-state index contributed by atoms with van der Waals surface area (Å²) >= 11 is 6.16. The first-order chi connectivity index (χ1) is 18.8. The number of carbonyl (C=O) groups is 3. The number of amides is 1. The van der Waals surface area contributed by atoms with Crippen molar-refractivity contribution in [3.8, 4) is 5.75 Å². The SMILES string of the molecule is CCOC(=O)c1ccc(CN2C(=O)C(O)=C(C(=O)c3cc4cc(Cl)cc(OC)c4o3)C2c2ccccn2)cc1. The molecule has 198 valence electrons. The number of aliphatic hydroxyl groups is 1. The van der Waals surface area contributed by atoms with Gasteiger partial charge in [-0.3, -0.25) is 14.6 Å². The molecule has 1 amide bonds. The average Bonchev–Trinajstić information content (AvgIpc) is 3.48. The molecule has 1 atom stereocenters. The third-order valence-electron chi connectivity index (χ3n) is 6.32. The number of hydrogen-bond acceptors (Lipinski definition) is 8. The minimum atomic E-state index is -0.991. The van der Waals surface area contributed by atoms with Crippen LogP contribution in [0.1, 0.15) is 45.1 Å². The molecule has 39 heavy (non-hydrogen) atoms. The van der Waals surface area contributed by atoms with Crippen LogP contribution >= 0.6 is 11.6 Å². The Morgan fingerprint density at radius 2 is 1.90 bits per heavy atom. The van der Waals surface area contributed by atoms with E-state index >= 15 is 0 Å². The second kappa shape index (κ2) is 10.6. The van der Waals surface area contributed by atoms with Gasteiger partial charge in [-0.2, -0.15) is 0 Å². The largest absolute Gasteiger partial charge is 0.503 e. The number of pyridine rings is 1. The first-order valence-corrected chi connectivity index (χ1v) is 12.4. The quantitative estimate of drug-likeness (QED) is 0.229. The molecule has 0 fully saturated rings. The number of ketones is 1. The van der Waals surface area contributed by atoms with Gasteiger partial charge in [0, 0.05) is 29.2 Å². The van der Waals surface area contributed by atoms with E-state index in [2.05, 4.69) is 4.98 Å². The van der Waals surface area contributed by atoms with Gasteiger partial charge in [-0.05, 0) is 48.9 Å². The number of ether oxygens (including phenoxy) is 2. The molecule has 0 spiro atoms. The Balaban J connectivity index is 1.52. The number of aromatic nitrogens is 1. The zero-order valence-electron chi connectivity index (χ0n) is 21.0. The number of carbonyl (C=O) groups excluding carboxylic acids is 3. The fourth-order valence-corrected chi connectivity index (χ4v) is 4.75. The molecule has 2 aromatic heterocycles. The van der Waals surface area contributed by atoms with Crippen molar-refractivity contribution in [1.82, 2.24) is 9.88 Å². The number of fused-ring (bicyclic) bond motifs is 1. The third kappa shape index (κ3) is 4.84. The summed E-state index contributed by atoms with van der Waals surface area (Å²) < 4.78 is 16.2. The number of hydrogen-bond donors (Lipinski definition) is 1. The Kier molecular flexibility index (Phi) is 7.08. The smallest absolute Gasteiger partial charge is 0.338 e. The Morgan fingerprint density at radius 1 is 1.13 bits per heavy atom. The second-order valence-electron chi connectivity index (χ2n) is 8.74. The maximum absolute atomic E-state index is 13.8. The van der Waals surface area contributed by atoms with E-state index in [4.69, 9.17) is 25.5 Å². The highest BCUT2D eigenvalue weighted by atomic mass is 35.5. The van der Waals surface area contributed by atoms with Crippen molar-refractivity contribution in [2.24, 2.45) is 0 Å². The lowest BCUT2D eigenvalue weighted by atomic mass is 9.98. The molecule has 1 aliphatic rings. The number of benzene rings is 2. The minimum Gasteiger partial charge on any atom is -0.503 e. The number of esters is 1. The molecular formula is C29H23ClN2O7. The number of rotatable bonds is 8. The molecule has 4 aromatic rings. The van der Waals surface area contributed by atoms with Gasteiger partial charge >= 0.3 is 5.97 Å². The Labute approximate surface area is 228 Å². The monoisotopic (exact) mass is 546 g/mol. The van der Waals surface area contributed by atoms with Crippen LogP contribution in [0.15, 0.2) is 82.6 Å². The maximum atomic E-state index is 13.8. The number of aliphatic hydroxyl groups excluding tert-OH is 1. The summed E-state index contributed by atoms with van der Waals surface area (Å²) in [6.07, 6.45) is 1.54. The van der Waals surface area contributed by atoms with E-state index in [1.54, 1.807) is 61.5 Å². The van der Waals surface area contributed by atoms with Gasteiger partial charge in [0.2, 0.25) is 5.78 Å². The molecular weight excluding hydrogens is 524 g/mol. The van der Waals surface area contributed by atoms with Crippen LogP contribution in [0.5, 0.6) is 5.75 Å². The van der Waals surface area contributed by atoms with Crippen molar-refractivity contribution in [1.29, 1.82) is 0 Å². The van der Waals surface area contributed by atoms with Crippen molar-refractivity contribution in [2.75, 3.05) is 13.7 Å². The fourth-order valence-electron chi connectivity index (χ4n) is 4.53. The molecule has 2 aromatic carbocycles. The lowest BCUT2D eigenvalue weighted by molar-refractivity contribution is -0.130. The first-order valence-electron chi connectivity index (χ1n) is 12.0. The zero-order valence-corrected chi connectivity index (χ0v) is 21.8. The van der Waals surface area contributed by atoms with Crippen LogP contribution in [0.4, 0.5) is 0 Å². The first kappa shape index (κ1) is 26.0. The van der Waals surface area contributed by atoms with Gasteiger partial charge in [0.25, 0.3) is 5.91 Å². The van der Waals surface area contributed by atoms with Crippen LogP contribution in [0.25, 0.3) is 11.0 Å². The lowest BCUT2D eigenvalue weighted by Gasteiger charge is -2.26. The Bertz CT molecular complexity index is 1610. The van der Waals surface area contributed by atoms with Crippen LogP contribution in [0, 0.1) is 0 Å². The van der Waals surface area contributed by atoms with Crippen molar-refractivity contribution < 1.29 is 33.4 Å². The highest BCUT2D eigenvalue weighted by Gasteiger charge is 2.45. The van der Waals surface area contributed by atoms with Crippen LogP contribution in [0.3, 0.4) is 0 Å². The number of halogens is 1. The highest BCUT2D eigenvalue weighted by molar-refractivity contribution is 6.31. The molecule has 3 heterocycles. The molecule has 0 saturated heterocycles. The van der Waals surface area contributed by atoms with Gasteiger partial charge in [0.15, 0.2) is 22.9 Å². The summed E-state index contributed by atoms with van der Waals surface area (Å²) in [5.41, 5.74) is 1.57. The van der Waals surface area contributed by atoms with Gasteiger partial charge in [0.05, 0.1) is 30.5 Å². The molecule has 5 rings (SSSR count). The van der Waals surface area contributed by atoms with Gasteiger partial charge in [-0.1, -0.05) is 29.8 Å². The molecule has 1 unspecified atom stereocenters. The molecule has 10 heteroatoms. The van der Waals surface area contributed by atoms with Crippen LogP contribution < -0.4 is 4.74 Å². The second-order valence-corrected chi connectivity index (χ2v) is 9.17. The Morgan fingerprint density at radius 3 is 2.56 bits per heavy atom. The maximum Gasteiger partial charge on any atom is 0.338 e. The van der Waals surface area contributed by atoms with Crippen LogP contribution in [-0.4, -0.2) is 46.4 Å². The van der Waals surface area contributed by atoms with Gasteiger partial charge in [0.1, 0.15) is 6.04 Å². The summed E-state index contributed by atoms with van der Waals surface area (Å²) in [7, 11) is 1.45. The summed E-state index contributed by atoms with van der Waals surface area (Å²) in [4.78, 5) is 44.8. The summed E-state index contributed by atoms with van der Waals surface area (Å²) in [6, 6.07) is 15.3. The molecule has 1 aliphatic heterocycles. The lowest BCUT2D eigenvalue weighted by Crippen LogP contribution is -2.31. The molecule has 9 nitrogen and oxygen atoms in total. The van der Waals surface area contributed by atoms with E-state index < -0.39 is 29.5 Å². The van der Waals surface area contributed by atoms with Crippen LogP contribution in [0.2, 0.25) is 5.02 Å².